The lowest BCUT2D eigenvalue weighted by molar-refractivity contribution is 0.111. The minimum Gasteiger partial charge on any atom is -0.296 e. The van der Waals surface area contributed by atoms with Crippen molar-refractivity contribution in [1.82, 2.24) is 15.0 Å². The Labute approximate surface area is 103 Å². The van der Waals surface area contributed by atoms with Crippen molar-refractivity contribution in [2.24, 2.45) is 0 Å². The lowest BCUT2D eigenvalue weighted by Gasteiger charge is -2.05. The Morgan fingerprint density at radius 3 is 2.53 bits per heavy atom. The summed E-state index contributed by atoms with van der Waals surface area (Å²) in [6, 6.07) is 0. The van der Waals surface area contributed by atoms with Crippen LogP contribution in [0.25, 0.3) is 0 Å². The fourth-order valence-corrected chi connectivity index (χ4v) is 1.91. The third kappa shape index (κ3) is 4.29. The molecule has 4 nitrogen and oxygen atoms in total. The Morgan fingerprint density at radius 1 is 1.12 bits per heavy atom. The van der Waals surface area contributed by atoms with E-state index in [4.69, 9.17) is 0 Å². The molecule has 0 atom stereocenters. The van der Waals surface area contributed by atoms with Crippen molar-refractivity contribution >= 4 is 6.29 Å². The van der Waals surface area contributed by atoms with Gasteiger partial charge in [0.15, 0.2) is 6.29 Å². The van der Waals surface area contributed by atoms with Gasteiger partial charge in [-0.3, -0.25) is 4.79 Å². The van der Waals surface area contributed by atoms with Crippen molar-refractivity contribution in [2.75, 3.05) is 0 Å². The minimum atomic E-state index is 0.522. The van der Waals surface area contributed by atoms with Crippen LogP contribution in [0.1, 0.15) is 68.6 Å². The van der Waals surface area contributed by atoms with Crippen LogP contribution in [-0.2, 0) is 13.0 Å². The molecule has 0 radical (unpaired) electrons. The first-order chi connectivity index (χ1) is 8.33. The number of hydrogen-bond donors (Lipinski definition) is 0. The third-order valence-corrected chi connectivity index (χ3v) is 2.97. The van der Waals surface area contributed by atoms with Gasteiger partial charge in [-0.05, 0) is 19.3 Å². The Morgan fingerprint density at radius 2 is 1.88 bits per heavy atom. The third-order valence-electron chi connectivity index (χ3n) is 2.97. The highest BCUT2D eigenvalue weighted by atomic mass is 16.1. The van der Waals surface area contributed by atoms with Gasteiger partial charge >= 0.3 is 0 Å². The second-order valence-corrected chi connectivity index (χ2v) is 4.43. The molecule has 4 heteroatoms. The van der Waals surface area contributed by atoms with Crippen molar-refractivity contribution in [3.8, 4) is 0 Å². The fraction of sp³-hybridized carbons (Fsp3) is 0.769. The highest BCUT2D eigenvalue weighted by Gasteiger charge is 2.10. The monoisotopic (exact) mass is 237 g/mol. The highest BCUT2D eigenvalue weighted by molar-refractivity contribution is 5.73. The van der Waals surface area contributed by atoms with Crippen molar-refractivity contribution < 1.29 is 4.79 Å². The summed E-state index contributed by atoms with van der Waals surface area (Å²) in [5.41, 5.74) is 1.53. The molecule has 0 N–H and O–H groups in total. The first kappa shape index (κ1) is 13.9. The van der Waals surface area contributed by atoms with Gasteiger partial charge in [0.05, 0.1) is 5.69 Å². The Hall–Kier alpha value is -1.19. The molecule has 17 heavy (non-hydrogen) atoms. The summed E-state index contributed by atoms with van der Waals surface area (Å²) >= 11 is 0. The second kappa shape index (κ2) is 7.98. The number of aldehydes is 1. The first-order valence-corrected chi connectivity index (χ1v) is 6.71. The molecule has 0 bridgehead atoms. The van der Waals surface area contributed by atoms with E-state index in [1.165, 1.54) is 19.3 Å². The zero-order chi connectivity index (χ0) is 12.5. The summed E-state index contributed by atoms with van der Waals surface area (Å²) in [7, 11) is 0. The lowest BCUT2D eigenvalue weighted by Crippen LogP contribution is -2.06. The minimum absolute atomic E-state index is 0.522. The summed E-state index contributed by atoms with van der Waals surface area (Å²) in [4.78, 5) is 10.9. The average molecular weight is 237 g/mol. The van der Waals surface area contributed by atoms with Crippen LogP contribution in [0.5, 0.6) is 0 Å². The van der Waals surface area contributed by atoms with E-state index in [1.807, 2.05) is 4.68 Å². The summed E-state index contributed by atoms with van der Waals surface area (Å²) in [5.74, 6) is 0. The van der Waals surface area contributed by atoms with Crippen molar-refractivity contribution in [1.29, 1.82) is 0 Å². The number of hydrogen-bond acceptors (Lipinski definition) is 3. The van der Waals surface area contributed by atoms with Crippen LogP contribution >= 0.6 is 0 Å². The standard InChI is InChI=1S/C13H23N3O/c1-3-5-7-8-10-16-13(9-6-4-2)12(11-17)14-15-16/h11H,3-10H2,1-2H3. The molecular weight excluding hydrogens is 214 g/mol. The Balaban J connectivity index is 2.56. The van der Waals surface area contributed by atoms with Crippen LogP contribution in [0, 0.1) is 0 Å². The number of unbranched alkanes of at least 4 members (excludes halogenated alkanes) is 4. The molecule has 0 aliphatic rings. The lowest BCUT2D eigenvalue weighted by atomic mass is 10.1. The summed E-state index contributed by atoms with van der Waals surface area (Å²) < 4.78 is 1.91. The quantitative estimate of drug-likeness (QED) is 0.490. The Kier molecular flexibility index (Phi) is 6.51. The number of carbonyl (C=O) groups excluding carboxylic acids is 1. The van der Waals surface area contributed by atoms with Crippen LogP contribution in [0.4, 0.5) is 0 Å². The van der Waals surface area contributed by atoms with Gasteiger partial charge in [-0.2, -0.15) is 0 Å². The molecule has 0 unspecified atom stereocenters. The van der Waals surface area contributed by atoms with Gasteiger partial charge < -0.3 is 0 Å². The molecule has 1 aromatic rings. The zero-order valence-corrected chi connectivity index (χ0v) is 11.0. The summed E-state index contributed by atoms with van der Waals surface area (Å²) in [6.45, 7) is 5.24. The van der Waals surface area contributed by atoms with Gasteiger partial charge in [-0.1, -0.05) is 44.7 Å². The van der Waals surface area contributed by atoms with Gasteiger partial charge in [-0.25, -0.2) is 4.68 Å². The molecule has 0 saturated heterocycles. The maximum absolute atomic E-state index is 10.9. The molecule has 0 fully saturated rings. The molecule has 1 heterocycles. The largest absolute Gasteiger partial charge is 0.296 e. The molecule has 0 saturated carbocycles. The number of nitrogens with zero attached hydrogens (tertiary/aromatic N) is 3. The van der Waals surface area contributed by atoms with E-state index in [1.54, 1.807) is 0 Å². The number of rotatable bonds is 9. The van der Waals surface area contributed by atoms with Gasteiger partial charge in [0.25, 0.3) is 0 Å². The van der Waals surface area contributed by atoms with Gasteiger partial charge in [0.1, 0.15) is 5.69 Å². The molecule has 0 spiro atoms. The van der Waals surface area contributed by atoms with E-state index in [9.17, 15) is 4.79 Å². The van der Waals surface area contributed by atoms with Gasteiger partial charge in [0.2, 0.25) is 0 Å². The maximum Gasteiger partial charge on any atom is 0.172 e. The Bertz CT molecular complexity index is 333. The number of aryl methyl sites for hydroxylation is 1. The van der Waals surface area contributed by atoms with E-state index in [-0.39, 0.29) is 0 Å². The average Bonchev–Trinajstić information content (AvgIpc) is 2.74. The topological polar surface area (TPSA) is 47.8 Å². The van der Waals surface area contributed by atoms with Crippen LogP contribution in [0.2, 0.25) is 0 Å². The first-order valence-electron chi connectivity index (χ1n) is 6.71. The van der Waals surface area contributed by atoms with Crippen molar-refractivity contribution in [3.63, 3.8) is 0 Å². The SMILES string of the molecule is CCCCCCn1nnc(C=O)c1CCCC. The molecule has 0 aromatic carbocycles. The molecule has 96 valence electrons. The molecular formula is C13H23N3O. The van der Waals surface area contributed by atoms with Crippen molar-refractivity contribution in [3.05, 3.63) is 11.4 Å². The predicted molar refractivity (Wildman–Crippen MR) is 68.2 cm³/mol. The van der Waals surface area contributed by atoms with Gasteiger partial charge in [0, 0.05) is 6.54 Å². The normalized spacial score (nSPS) is 10.7. The van der Waals surface area contributed by atoms with E-state index in [0.717, 1.165) is 44.2 Å². The molecule has 0 aliphatic heterocycles. The van der Waals surface area contributed by atoms with Gasteiger partial charge in [-0.15, -0.1) is 5.10 Å². The van der Waals surface area contributed by atoms with Crippen molar-refractivity contribution in [2.45, 2.75) is 65.3 Å². The number of aromatic nitrogens is 3. The smallest absolute Gasteiger partial charge is 0.172 e. The molecule has 0 amide bonds. The predicted octanol–water partition coefficient (Wildman–Crippen LogP) is 3.01. The summed E-state index contributed by atoms with van der Waals surface area (Å²) in [5, 5.41) is 8.00. The maximum atomic E-state index is 10.9. The van der Waals surface area contributed by atoms with E-state index in [0.29, 0.717) is 5.69 Å². The van der Waals surface area contributed by atoms with E-state index >= 15 is 0 Å². The van der Waals surface area contributed by atoms with Crippen LogP contribution in [-0.4, -0.2) is 21.3 Å². The highest BCUT2D eigenvalue weighted by Crippen LogP contribution is 2.10. The van der Waals surface area contributed by atoms with Crippen LogP contribution in [0.3, 0.4) is 0 Å². The van der Waals surface area contributed by atoms with E-state index in [2.05, 4.69) is 24.2 Å². The van der Waals surface area contributed by atoms with E-state index < -0.39 is 0 Å². The van der Waals surface area contributed by atoms with Crippen LogP contribution in [0.15, 0.2) is 0 Å². The second-order valence-electron chi connectivity index (χ2n) is 4.43. The molecule has 1 rings (SSSR count). The molecule has 0 aliphatic carbocycles. The van der Waals surface area contributed by atoms with Crippen LogP contribution < -0.4 is 0 Å². The fourth-order valence-electron chi connectivity index (χ4n) is 1.91. The molecule has 1 aromatic heterocycles. The zero-order valence-electron chi connectivity index (χ0n) is 11.0. The number of carbonyl (C=O) groups is 1. The summed E-state index contributed by atoms with van der Waals surface area (Å²) in [6.07, 6.45) is 8.78.